The number of amides is 1. The first-order valence-electron chi connectivity index (χ1n) is 7.72. The van der Waals surface area contributed by atoms with Gasteiger partial charge in [-0.3, -0.25) is 4.79 Å². The summed E-state index contributed by atoms with van der Waals surface area (Å²) >= 11 is 0. The summed E-state index contributed by atoms with van der Waals surface area (Å²) in [7, 11) is 0. The fourth-order valence-electron chi connectivity index (χ4n) is 2.38. The first-order valence-corrected chi connectivity index (χ1v) is 7.72. The third-order valence-electron chi connectivity index (χ3n) is 3.76. The molecule has 0 fully saturated rings. The maximum atomic E-state index is 13.1. The second-order valence-electron chi connectivity index (χ2n) is 5.62. The SMILES string of the molecule is Cc1cccc(C(F)(F)F)c1COc1cnc(-n2ccc(C(N)=O)n2)nc1. The van der Waals surface area contributed by atoms with Gasteiger partial charge in [0.05, 0.1) is 18.0 Å². The van der Waals surface area contributed by atoms with Gasteiger partial charge in [-0.05, 0) is 24.6 Å². The molecule has 0 saturated carbocycles. The average molecular weight is 377 g/mol. The van der Waals surface area contributed by atoms with Crippen molar-refractivity contribution in [2.24, 2.45) is 5.73 Å². The van der Waals surface area contributed by atoms with E-state index in [1.54, 1.807) is 13.0 Å². The number of carbonyl (C=O) groups excluding carboxylic acids is 1. The van der Waals surface area contributed by atoms with E-state index < -0.39 is 17.6 Å². The van der Waals surface area contributed by atoms with E-state index in [2.05, 4.69) is 15.1 Å². The van der Waals surface area contributed by atoms with Crippen molar-refractivity contribution in [3.05, 3.63) is 65.2 Å². The third kappa shape index (κ3) is 4.05. The van der Waals surface area contributed by atoms with Crippen molar-refractivity contribution in [2.45, 2.75) is 19.7 Å². The van der Waals surface area contributed by atoms with Gasteiger partial charge < -0.3 is 10.5 Å². The van der Waals surface area contributed by atoms with Crippen LogP contribution in [0.15, 0.2) is 42.9 Å². The predicted octanol–water partition coefficient (Wildman–Crippen LogP) is 2.67. The Morgan fingerprint density at radius 2 is 1.93 bits per heavy atom. The van der Waals surface area contributed by atoms with Gasteiger partial charge in [0.15, 0.2) is 5.75 Å². The number of primary amides is 1. The summed E-state index contributed by atoms with van der Waals surface area (Å²) in [6, 6.07) is 5.36. The van der Waals surface area contributed by atoms with Gasteiger partial charge in [0.25, 0.3) is 11.9 Å². The minimum atomic E-state index is -4.47. The lowest BCUT2D eigenvalue weighted by Crippen LogP contribution is -2.13. The molecule has 0 aliphatic rings. The number of hydrogen-bond donors (Lipinski definition) is 1. The van der Waals surface area contributed by atoms with Crippen LogP contribution < -0.4 is 10.5 Å². The number of ether oxygens (including phenoxy) is 1. The van der Waals surface area contributed by atoms with Crippen LogP contribution in [-0.2, 0) is 12.8 Å². The van der Waals surface area contributed by atoms with Crippen molar-refractivity contribution in [3.63, 3.8) is 0 Å². The smallest absolute Gasteiger partial charge is 0.416 e. The van der Waals surface area contributed by atoms with E-state index >= 15 is 0 Å². The van der Waals surface area contributed by atoms with Crippen LogP contribution in [0.5, 0.6) is 5.75 Å². The van der Waals surface area contributed by atoms with Crippen LogP contribution in [0.3, 0.4) is 0 Å². The quantitative estimate of drug-likeness (QED) is 0.737. The van der Waals surface area contributed by atoms with Gasteiger partial charge >= 0.3 is 6.18 Å². The van der Waals surface area contributed by atoms with Crippen molar-refractivity contribution >= 4 is 5.91 Å². The predicted molar refractivity (Wildman–Crippen MR) is 88.2 cm³/mol. The number of aryl methyl sites for hydroxylation is 1. The van der Waals surface area contributed by atoms with E-state index in [0.29, 0.717) is 5.56 Å². The summed E-state index contributed by atoms with van der Waals surface area (Å²) < 4.78 is 46.0. The molecule has 0 radical (unpaired) electrons. The Balaban J connectivity index is 1.75. The number of halogens is 3. The van der Waals surface area contributed by atoms with Gasteiger partial charge in [-0.1, -0.05) is 12.1 Å². The van der Waals surface area contributed by atoms with Gasteiger partial charge in [-0.25, -0.2) is 14.6 Å². The second-order valence-corrected chi connectivity index (χ2v) is 5.62. The van der Waals surface area contributed by atoms with Crippen molar-refractivity contribution in [3.8, 4) is 11.7 Å². The molecule has 140 valence electrons. The molecular formula is C17H14F3N5O2. The minimum absolute atomic E-state index is 0.0484. The maximum absolute atomic E-state index is 13.1. The van der Waals surface area contributed by atoms with E-state index in [1.807, 2.05) is 0 Å². The monoisotopic (exact) mass is 377 g/mol. The molecule has 3 rings (SSSR count). The molecule has 0 bridgehead atoms. The van der Waals surface area contributed by atoms with Gasteiger partial charge in [0.2, 0.25) is 0 Å². The molecule has 0 atom stereocenters. The first kappa shape index (κ1) is 18.4. The highest BCUT2D eigenvalue weighted by Gasteiger charge is 2.33. The molecule has 0 spiro atoms. The molecule has 0 aliphatic heterocycles. The fourth-order valence-corrected chi connectivity index (χ4v) is 2.38. The van der Waals surface area contributed by atoms with E-state index in [0.717, 1.165) is 6.07 Å². The van der Waals surface area contributed by atoms with Crippen LogP contribution in [0.2, 0.25) is 0 Å². The van der Waals surface area contributed by atoms with Crippen molar-refractivity contribution in [2.75, 3.05) is 0 Å². The zero-order chi connectivity index (χ0) is 19.6. The van der Waals surface area contributed by atoms with Gasteiger partial charge in [0.1, 0.15) is 12.3 Å². The Hall–Kier alpha value is -3.43. The number of nitrogens with zero attached hydrogens (tertiary/aromatic N) is 4. The van der Waals surface area contributed by atoms with E-state index in [-0.39, 0.29) is 29.6 Å². The average Bonchev–Trinajstić information content (AvgIpc) is 3.10. The van der Waals surface area contributed by atoms with Crippen molar-refractivity contribution in [1.82, 2.24) is 19.7 Å². The Bertz CT molecular complexity index is 967. The molecule has 1 amide bonds. The number of rotatable bonds is 5. The Labute approximate surface area is 151 Å². The molecule has 2 aromatic heterocycles. The molecule has 1 aromatic carbocycles. The van der Waals surface area contributed by atoms with Crippen LogP contribution in [0.1, 0.15) is 27.2 Å². The lowest BCUT2D eigenvalue weighted by Gasteiger charge is -2.15. The molecule has 10 heteroatoms. The highest BCUT2D eigenvalue weighted by Crippen LogP contribution is 2.33. The molecule has 0 unspecified atom stereocenters. The normalized spacial score (nSPS) is 11.4. The van der Waals surface area contributed by atoms with Crippen LogP contribution >= 0.6 is 0 Å². The van der Waals surface area contributed by atoms with E-state index in [1.165, 1.54) is 35.4 Å². The van der Waals surface area contributed by atoms with Gasteiger partial charge in [-0.15, -0.1) is 0 Å². The largest absolute Gasteiger partial charge is 0.486 e. The fraction of sp³-hybridized carbons (Fsp3) is 0.176. The summed E-state index contributed by atoms with van der Waals surface area (Å²) in [5, 5.41) is 3.90. The first-order chi connectivity index (χ1) is 12.8. The summed E-state index contributed by atoms with van der Waals surface area (Å²) in [5.74, 6) is -0.341. The van der Waals surface area contributed by atoms with Crippen LogP contribution in [0.25, 0.3) is 5.95 Å². The summed E-state index contributed by atoms with van der Waals surface area (Å²) in [5.41, 5.74) is 4.96. The van der Waals surface area contributed by atoms with Gasteiger partial charge in [0, 0.05) is 11.8 Å². The molecular weight excluding hydrogens is 363 g/mol. The lowest BCUT2D eigenvalue weighted by molar-refractivity contribution is -0.138. The Morgan fingerprint density at radius 1 is 1.22 bits per heavy atom. The number of benzene rings is 1. The molecule has 0 aliphatic carbocycles. The standard InChI is InChI=1S/C17H14F3N5O2/c1-10-3-2-4-13(17(18,19)20)12(10)9-27-11-7-22-16(23-8-11)25-6-5-14(24-25)15(21)26/h2-8H,9H2,1H3,(H2,21,26). The highest BCUT2D eigenvalue weighted by molar-refractivity contribution is 5.90. The van der Waals surface area contributed by atoms with Crippen molar-refractivity contribution < 1.29 is 22.7 Å². The minimum Gasteiger partial charge on any atom is -0.486 e. The summed E-state index contributed by atoms with van der Waals surface area (Å²) in [6.07, 6.45) is -0.402. The zero-order valence-corrected chi connectivity index (χ0v) is 14.1. The number of nitrogens with two attached hydrogens (primary N) is 1. The van der Waals surface area contributed by atoms with Crippen LogP contribution in [-0.4, -0.2) is 25.7 Å². The third-order valence-corrected chi connectivity index (χ3v) is 3.76. The molecule has 0 saturated heterocycles. The Kier molecular flexibility index (Phi) is 4.80. The zero-order valence-electron chi connectivity index (χ0n) is 14.1. The summed E-state index contributed by atoms with van der Waals surface area (Å²) in [4.78, 5) is 19.1. The van der Waals surface area contributed by atoms with Crippen molar-refractivity contribution in [1.29, 1.82) is 0 Å². The number of hydrogen-bond acceptors (Lipinski definition) is 5. The van der Waals surface area contributed by atoms with Crippen LogP contribution in [0.4, 0.5) is 13.2 Å². The molecule has 7 nitrogen and oxygen atoms in total. The van der Waals surface area contributed by atoms with Crippen LogP contribution in [0, 0.1) is 6.92 Å². The molecule has 2 heterocycles. The number of carbonyl (C=O) groups is 1. The number of alkyl halides is 3. The maximum Gasteiger partial charge on any atom is 0.416 e. The Morgan fingerprint density at radius 3 is 2.52 bits per heavy atom. The van der Waals surface area contributed by atoms with E-state index in [4.69, 9.17) is 10.5 Å². The molecule has 2 N–H and O–H groups in total. The lowest BCUT2D eigenvalue weighted by atomic mass is 10.0. The highest BCUT2D eigenvalue weighted by atomic mass is 19.4. The van der Waals surface area contributed by atoms with Gasteiger partial charge in [-0.2, -0.15) is 18.3 Å². The summed E-state index contributed by atoms with van der Waals surface area (Å²) in [6.45, 7) is 1.30. The van der Waals surface area contributed by atoms with E-state index in [9.17, 15) is 18.0 Å². The number of aromatic nitrogens is 4. The second kappa shape index (κ2) is 7.06. The molecule has 3 aromatic rings. The topological polar surface area (TPSA) is 95.9 Å². The molecule has 27 heavy (non-hydrogen) atoms.